The van der Waals surface area contributed by atoms with Crippen molar-refractivity contribution in [2.45, 2.75) is 0 Å². The van der Waals surface area contributed by atoms with Gasteiger partial charge in [0.2, 0.25) is 0 Å². The van der Waals surface area contributed by atoms with Gasteiger partial charge in [-0.15, -0.1) is 0 Å². The molecular weight excluding hydrogens is 246 g/mol. The van der Waals surface area contributed by atoms with Crippen LogP contribution in [0.15, 0.2) is 67.1 Å². The van der Waals surface area contributed by atoms with Gasteiger partial charge in [0.15, 0.2) is 5.65 Å². The van der Waals surface area contributed by atoms with E-state index in [1.807, 2.05) is 24.3 Å². The zero-order valence-corrected chi connectivity index (χ0v) is 10.7. The number of benzene rings is 2. The van der Waals surface area contributed by atoms with E-state index in [0.717, 1.165) is 22.3 Å². The molecule has 3 nitrogen and oxygen atoms in total. The van der Waals surface area contributed by atoms with E-state index in [4.69, 9.17) is 0 Å². The van der Waals surface area contributed by atoms with Crippen molar-refractivity contribution in [3.8, 4) is 11.3 Å². The van der Waals surface area contributed by atoms with Crippen LogP contribution in [-0.2, 0) is 0 Å². The van der Waals surface area contributed by atoms with E-state index < -0.39 is 0 Å². The van der Waals surface area contributed by atoms with Crippen LogP contribution < -0.4 is 0 Å². The number of hydrogen-bond donors (Lipinski definition) is 0. The highest BCUT2D eigenvalue weighted by Gasteiger charge is 2.07. The normalized spacial score (nSPS) is 11.0. The molecule has 0 saturated carbocycles. The summed E-state index contributed by atoms with van der Waals surface area (Å²) in [5.74, 6) is 0. The molecule has 0 aliphatic heterocycles. The lowest BCUT2D eigenvalue weighted by molar-refractivity contribution is 1.18. The second-order valence-electron chi connectivity index (χ2n) is 4.66. The van der Waals surface area contributed by atoms with E-state index in [2.05, 4.69) is 45.3 Å². The zero-order valence-electron chi connectivity index (χ0n) is 10.7. The second-order valence-corrected chi connectivity index (χ2v) is 4.66. The average molecular weight is 257 g/mol. The van der Waals surface area contributed by atoms with Gasteiger partial charge in [0, 0.05) is 17.1 Å². The molecule has 0 amide bonds. The molecule has 4 rings (SSSR count). The predicted molar refractivity (Wildman–Crippen MR) is 80.3 cm³/mol. The molecule has 0 spiro atoms. The highest BCUT2D eigenvalue weighted by Crippen LogP contribution is 2.27. The first-order chi connectivity index (χ1) is 9.92. The minimum Gasteiger partial charge on any atom is -0.237 e. The predicted octanol–water partition coefficient (Wildman–Crippen LogP) is 3.85. The first kappa shape index (κ1) is 11.1. The highest BCUT2D eigenvalue weighted by atomic mass is 14.9. The van der Waals surface area contributed by atoms with Gasteiger partial charge in [0.25, 0.3) is 0 Å². The van der Waals surface area contributed by atoms with E-state index in [0.29, 0.717) is 0 Å². The maximum atomic E-state index is 4.43. The Labute approximate surface area is 116 Å². The molecule has 0 bridgehead atoms. The van der Waals surface area contributed by atoms with E-state index in [9.17, 15) is 0 Å². The van der Waals surface area contributed by atoms with Crippen LogP contribution in [0.3, 0.4) is 0 Å². The number of hydrogen-bond acceptors (Lipinski definition) is 3. The number of pyridine rings is 1. The van der Waals surface area contributed by atoms with Crippen LogP contribution in [0.1, 0.15) is 0 Å². The Morgan fingerprint density at radius 2 is 1.60 bits per heavy atom. The molecule has 0 aliphatic carbocycles. The third-order valence-corrected chi connectivity index (χ3v) is 3.43. The topological polar surface area (TPSA) is 38.7 Å². The van der Waals surface area contributed by atoms with E-state index in [-0.39, 0.29) is 0 Å². The maximum Gasteiger partial charge on any atom is 0.163 e. The third-order valence-electron chi connectivity index (χ3n) is 3.43. The van der Waals surface area contributed by atoms with Gasteiger partial charge in [-0.25, -0.2) is 15.0 Å². The summed E-state index contributed by atoms with van der Waals surface area (Å²) < 4.78 is 0. The Bertz CT molecular complexity index is 910. The van der Waals surface area contributed by atoms with Crippen molar-refractivity contribution in [1.29, 1.82) is 0 Å². The van der Waals surface area contributed by atoms with Gasteiger partial charge in [-0.2, -0.15) is 0 Å². The molecule has 94 valence electrons. The summed E-state index contributed by atoms with van der Waals surface area (Å²) >= 11 is 0. The molecule has 0 radical (unpaired) electrons. The van der Waals surface area contributed by atoms with Crippen molar-refractivity contribution in [2.24, 2.45) is 0 Å². The Morgan fingerprint density at radius 1 is 0.700 bits per heavy atom. The van der Waals surface area contributed by atoms with Crippen LogP contribution in [0.2, 0.25) is 0 Å². The van der Waals surface area contributed by atoms with E-state index in [1.54, 1.807) is 12.5 Å². The van der Waals surface area contributed by atoms with Gasteiger partial charge >= 0.3 is 0 Å². The quantitative estimate of drug-likeness (QED) is 0.520. The molecule has 0 atom stereocenters. The number of nitrogens with zero attached hydrogens (tertiary/aromatic N) is 3. The van der Waals surface area contributed by atoms with Crippen molar-refractivity contribution >= 4 is 21.8 Å². The second kappa shape index (κ2) is 4.38. The lowest BCUT2D eigenvalue weighted by Gasteiger charge is -2.06. The van der Waals surface area contributed by atoms with Gasteiger partial charge in [0.05, 0.1) is 5.69 Å². The first-order valence-electron chi connectivity index (χ1n) is 6.47. The van der Waals surface area contributed by atoms with Gasteiger partial charge in [-0.1, -0.05) is 36.4 Å². The van der Waals surface area contributed by atoms with Crippen molar-refractivity contribution in [2.75, 3.05) is 0 Å². The van der Waals surface area contributed by atoms with Crippen LogP contribution in [0.5, 0.6) is 0 Å². The Morgan fingerprint density at radius 3 is 2.55 bits per heavy atom. The molecule has 0 fully saturated rings. The summed E-state index contributed by atoms with van der Waals surface area (Å²) in [5.41, 5.74) is 2.74. The lowest BCUT2D eigenvalue weighted by Crippen LogP contribution is -1.90. The SMILES string of the molecule is c1ccc2cc(-c3ncnc4ncccc34)ccc2c1. The molecule has 2 aromatic heterocycles. The van der Waals surface area contributed by atoms with Crippen molar-refractivity contribution in [3.63, 3.8) is 0 Å². The fraction of sp³-hybridized carbons (Fsp3) is 0. The standard InChI is InChI=1S/C17H11N3/c1-2-5-13-10-14(8-7-12(13)4-1)16-15-6-3-9-18-17(15)20-11-19-16/h1-11H. The average Bonchev–Trinajstić information content (AvgIpc) is 2.54. The van der Waals surface area contributed by atoms with Crippen LogP contribution in [-0.4, -0.2) is 15.0 Å². The summed E-state index contributed by atoms with van der Waals surface area (Å²) in [6, 6.07) is 18.6. The monoisotopic (exact) mass is 257 g/mol. The van der Waals surface area contributed by atoms with Crippen LogP contribution >= 0.6 is 0 Å². The van der Waals surface area contributed by atoms with Gasteiger partial charge in [-0.3, -0.25) is 0 Å². The third kappa shape index (κ3) is 1.72. The van der Waals surface area contributed by atoms with Gasteiger partial charge < -0.3 is 0 Å². The molecule has 2 heterocycles. The summed E-state index contributed by atoms with van der Waals surface area (Å²) in [6.45, 7) is 0. The van der Waals surface area contributed by atoms with Crippen molar-refractivity contribution in [3.05, 3.63) is 67.1 Å². The molecule has 0 saturated heterocycles. The highest BCUT2D eigenvalue weighted by molar-refractivity contribution is 5.94. The molecule has 2 aromatic carbocycles. The van der Waals surface area contributed by atoms with E-state index in [1.165, 1.54) is 10.8 Å². The smallest absolute Gasteiger partial charge is 0.163 e. The maximum absolute atomic E-state index is 4.43. The molecule has 0 unspecified atom stereocenters. The summed E-state index contributed by atoms with van der Waals surface area (Å²) in [7, 11) is 0. The largest absolute Gasteiger partial charge is 0.237 e. The zero-order chi connectivity index (χ0) is 13.4. The van der Waals surface area contributed by atoms with Crippen LogP contribution in [0.4, 0.5) is 0 Å². The first-order valence-corrected chi connectivity index (χ1v) is 6.47. The lowest BCUT2D eigenvalue weighted by atomic mass is 10.0. The Balaban J connectivity index is 2.01. The Kier molecular flexibility index (Phi) is 2.42. The van der Waals surface area contributed by atoms with Crippen molar-refractivity contribution < 1.29 is 0 Å². The fourth-order valence-electron chi connectivity index (χ4n) is 2.46. The summed E-state index contributed by atoms with van der Waals surface area (Å²) in [6.07, 6.45) is 3.32. The molecule has 20 heavy (non-hydrogen) atoms. The number of fused-ring (bicyclic) bond motifs is 2. The van der Waals surface area contributed by atoms with Crippen LogP contribution in [0.25, 0.3) is 33.1 Å². The number of aromatic nitrogens is 3. The number of rotatable bonds is 1. The van der Waals surface area contributed by atoms with Crippen LogP contribution in [0, 0.1) is 0 Å². The molecule has 0 N–H and O–H groups in total. The minimum atomic E-state index is 0.727. The Hall–Kier alpha value is -2.81. The fourth-order valence-corrected chi connectivity index (χ4v) is 2.46. The summed E-state index contributed by atoms with van der Waals surface area (Å²) in [5, 5.41) is 3.42. The van der Waals surface area contributed by atoms with Crippen molar-refractivity contribution in [1.82, 2.24) is 15.0 Å². The molecule has 3 heteroatoms. The van der Waals surface area contributed by atoms with Gasteiger partial charge in [-0.05, 0) is 29.0 Å². The molecule has 4 aromatic rings. The molecule has 0 aliphatic rings. The van der Waals surface area contributed by atoms with Gasteiger partial charge in [0.1, 0.15) is 6.33 Å². The molecular formula is C17H11N3. The van der Waals surface area contributed by atoms with E-state index >= 15 is 0 Å². The minimum absolute atomic E-state index is 0.727. The summed E-state index contributed by atoms with van der Waals surface area (Å²) in [4.78, 5) is 12.9.